The average Bonchev–Trinajstić information content (AvgIpc) is 3.47. The summed E-state index contributed by atoms with van der Waals surface area (Å²) in [6, 6.07) is 4.93. The molecule has 46 heavy (non-hydrogen) atoms. The largest absolute Gasteiger partial charge is 0.497 e. The Labute approximate surface area is 271 Å². The standard InChI is InChI=1S/C34H48N4O8/c1-6-8-9-10-11-13-27(35)34(42)38-21-25(20-29(38)33(41)37-22(12-7-2)17-31(39)44-4)46-30-16-23(18-32(40)45-5)36-28-19-24(43-3)14-15-26(28)30/h6,14-16,19,22,25,27,29H,1,7-13,17-18,20-21,35H2,2-5H3,(H,37,41)/t22-,25+,27-,29-/m0/s1. The van der Waals surface area contributed by atoms with Crippen LogP contribution in [0.15, 0.2) is 36.9 Å². The van der Waals surface area contributed by atoms with Crippen LogP contribution in [0.1, 0.15) is 70.4 Å². The fourth-order valence-electron chi connectivity index (χ4n) is 5.64. The van der Waals surface area contributed by atoms with Crippen molar-refractivity contribution in [2.24, 2.45) is 5.73 Å². The smallest absolute Gasteiger partial charge is 0.311 e. The van der Waals surface area contributed by atoms with Crippen molar-refractivity contribution in [1.29, 1.82) is 0 Å². The van der Waals surface area contributed by atoms with Crippen LogP contribution < -0.4 is 20.5 Å². The molecule has 12 nitrogen and oxygen atoms in total. The molecule has 0 bridgehead atoms. The van der Waals surface area contributed by atoms with Crippen LogP contribution in [0.4, 0.5) is 0 Å². The number of unbranched alkanes of at least 4 members (excludes halogenated alkanes) is 3. The van der Waals surface area contributed by atoms with Crippen molar-refractivity contribution < 1.29 is 38.1 Å². The van der Waals surface area contributed by atoms with Gasteiger partial charge in [0.2, 0.25) is 11.8 Å². The summed E-state index contributed by atoms with van der Waals surface area (Å²) in [6.45, 7) is 5.83. The zero-order valence-corrected chi connectivity index (χ0v) is 27.4. The molecular weight excluding hydrogens is 592 g/mol. The second-order valence-electron chi connectivity index (χ2n) is 11.5. The number of likely N-dealkylation sites (tertiary alicyclic amines) is 1. The lowest BCUT2D eigenvalue weighted by Gasteiger charge is -2.28. The lowest BCUT2D eigenvalue weighted by Crippen LogP contribution is -2.53. The highest BCUT2D eigenvalue weighted by molar-refractivity contribution is 5.91. The number of hydrogen-bond acceptors (Lipinski definition) is 10. The summed E-state index contributed by atoms with van der Waals surface area (Å²) in [5.41, 5.74) is 7.37. The quantitative estimate of drug-likeness (QED) is 0.140. The number of pyridine rings is 1. The zero-order chi connectivity index (χ0) is 33.6. The minimum Gasteiger partial charge on any atom is -0.497 e. The molecule has 12 heteroatoms. The van der Waals surface area contributed by atoms with Gasteiger partial charge in [0.05, 0.1) is 58.0 Å². The monoisotopic (exact) mass is 640 g/mol. The molecule has 4 atom stereocenters. The number of methoxy groups -OCH3 is 3. The molecule has 1 aliphatic heterocycles. The van der Waals surface area contributed by atoms with Gasteiger partial charge in [0.1, 0.15) is 23.6 Å². The van der Waals surface area contributed by atoms with E-state index in [9.17, 15) is 19.2 Å². The van der Waals surface area contributed by atoms with E-state index in [0.717, 1.165) is 32.1 Å². The first kappa shape index (κ1) is 36.3. The Balaban J connectivity index is 1.89. The van der Waals surface area contributed by atoms with Crippen molar-refractivity contribution in [1.82, 2.24) is 15.2 Å². The highest BCUT2D eigenvalue weighted by atomic mass is 16.5. The minimum atomic E-state index is -0.857. The van der Waals surface area contributed by atoms with Crippen LogP contribution in [-0.2, 0) is 35.1 Å². The van der Waals surface area contributed by atoms with E-state index in [2.05, 4.69) is 16.9 Å². The number of esters is 2. The van der Waals surface area contributed by atoms with E-state index in [-0.39, 0.29) is 37.6 Å². The number of fused-ring (bicyclic) bond motifs is 1. The van der Waals surface area contributed by atoms with Gasteiger partial charge in [-0.1, -0.05) is 32.3 Å². The van der Waals surface area contributed by atoms with Crippen LogP contribution in [-0.4, -0.2) is 85.7 Å². The first-order valence-corrected chi connectivity index (χ1v) is 15.9. The Morgan fingerprint density at radius 2 is 1.85 bits per heavy atom. The second kappa shape index (κ2) is 18.1. The summed E-state index contributed by atoms with van der Waals surface area (Å²) in [6.07, 6.45) is 6.82. The highest BCUT2D eigenvalue weighted by Crippen LogP contribution is 2.32. The van der Waals surface area contributed by atoms with E-state index >= 15 is 0 Å². The van der Waals surface area contributed by atoms with Gasteiger partial charge in [0.25, 0.3) is 0 Å². The topological polar surface area (TPSA) is 159 Å². The Morgan fingerprint density at radius 1 is 1.09 bits per heavy atom. The van der Waals surface area contributed by atoms with E-state index in [4.69, 9.17) is 24.7 Å². The van der Waals surface area contributed by atoms with E-state index < -0.39 is 36.2 Å². The number of benzene rings is 1. The van der Waals surface area contributed by atoms with Crippen molar-refractivity contribution in [3.05, 3.63) is 42.6 Å². The number of nitrogens with two attached hydrogens (primary N) is 1. The van der Waals surface area contributed by atoms with Gasteiger partial charge in [-0.2, -0.15) is 0 Å². The lowest BCUT2D eigenvalue weighted by atomic mass is 10.1. The van der Waals surface area contributed by atoms with Gasteiger partial charge in [-0.15, -0.1) is 6.58 Å². The maximum Gasteiger partial charge on any atom is 0.311 e. The molecule has 2 aromatic rings. The Morgan fingerprint density at radius 3 is 2.52 bits per heavy atom. The maximum atomic E-state index is 13.7. The number of carbonyl (C=O) groups excluding carboxylic acids is 4. The van der Waals surface area contributed by atoms with Crippen molar-refractivity contribution in [3.63, 3.8) is 0 Å². The molecular formula is C34H48N4O8. The van der Waals surface area contributed by atoms with Gasteiger partial charge in [0, 0.05) is 30.0 Å². The number of nitrogens with one attached hydrogen (secondary N) is 1. The number of ether oxygens (including phenoxy) is 4. The van der Waals surface area contributed by atoms with Gasteiger partial charge in [-0.05, 0) is 37.8 Å². The van der Waals surface area contributed by atoms with Crippen LogP contribution in [0, 0.1) is 0 Å². The molecule has 2 amide bonds. The van der Waals surface area contributed by atoms with Crippen LogP contribution in [0.3, 0.4) is 0 Å². The Kier molecular flexibility index (Phi) is 14.3. The molecule has 1 aromatic carbocycles. The van der Waals surface area contributed by atoms with Gasteiger partial charge in [-0.3, -0.25) is 24.2 Å². The molecule has 0 aliphatic carbocycles. The van der Waals surface area contributed by atoms with Gasteiger partial charge in [-0.25, -0.2) is 0 Å². The molecule has 3 rings (SSSR count). The van der Waals surface area contributed by atoms with Crippen LogP contribution in [0.5, 0.6) is 11.5 Å². The van der Waals surface area contributed by atoms with Crippen molar-refractivity contribution in [2.75, 3.05) is 27.9 Å². The number of nitrogens with zero attached hydrogens (tertiary/aromatic N) is 2. The third-order valence-corrected chi connectivity index (χ3v) is 8.09. The normalized spacial score (nSPS) is 17.2. The molecule has 0 spiro atoms. The van der Waals surface area contributed by atoms with Gasteiger partial charge >= 0.3 is 11.9 Å². The first-order valence-electron chi connectivity index (χ1n) is 15.9. The first-order chi connectivity index (χ1) is 22.1. The summed E-state index contributed by atoms with van der Waals surface area (Å²) in [5, 5.41) is 3.64. The molecule has 1 saturated heterocycles. The number of allylic oxidation sites excluding steroid dienone is 1. The summed E-state index contributed by atoms with van der Waals surface area (Å²) < 4.78 is 21.5. The Bertz CT molecular complexity index is 1370. The van der Waals surface area contributed by atoms with Crippen molar-refractivity contribution in [3.8, 4) is 11.5 Å². The van der Waals surface area contributed by atoms with Crippen molar-refractivity contribution >= 4 is 34.7 Å². The van der Waals surface area contributed by atoms with Crippen LogP contribution >= 0.6 is 0 Å². The van der Waals surface area contributed by atoms with E-state index in [0.29, 0.717) is 40.9 Å². The number of hydrogen-bond donors (Lipinski definition) is 2. The zero-order valence-electron chi connectivity index (χ0n) is 27.4. The molecule has 0 saturated carbocycles. The molecule has 1 aromatic heterocycles. The predicted octanol–water partition coefficient (Wildman–Crippen LogP) is 3.62. The van der Waals surface area contributed by atoms with Gasteiger partial charge in [0.15, 0.2) is 0 Å². The molecule has 1 aliphatic rings. The van der Waals surface area contributed by atoms with Crippen LogP contribution in [0.25, 0.3) is 10.9 Å². The third-order valence-electron chi connectivity index (χ3n) is 8.09. The van der Waals surface area contributed by atoms with Crippen molar-refractivity contribution in [2.45, 2.75) is 95.4 Å². The number of rotatable bonds is 18. The second-order valence-corrected chi connectivity index (χ2v) is 11.5. The average molecular weight is 641 g/mol. The number of aromatic nitrogens is 1. The number of carbonyl (C=O) groups is 4. The third kappa shape index (κ3) is 10.2. The van der Waals surface area contributed by atoms with Gasteiger partial charge < -0.3 is 34.9 Å². The summed E-state index contributed by atoms with van der Waals surface area (Å²) in [4.78, 5) is 57.6. The predicted molar refractivity (Wildman–Crippen MR) is 173 cm³/mol. The fourth-order valence-corrected chi connectivity index (χ4v) is 5.64. The fraction of sp³-hybridized carbons (Fsp3) is 0.559. The number of amides is 2. The summed E-state index contributed by atoms with van der Waals surface area (Å²) in [7, 11) is 4.16. The Hall–Kier alpha value is -4.19. The molecule has 0 radical (unpaired) electrons. The molecule has 3 N–H and O–H groups in total. The van der Waals surface area contributed by atoms with Crippen LogP contribution in [0.2, 0.25) is 0 Å². The minimum absolute atomic E-state index is 0.0241. The maximum absolute atomic E-state index is 13.7. The van der Waals surface area contributed by atoms with E-state index in [1.54, 1.807) is 25.3 Å². The molecule has 0 unspecified atom stereocenters. The SMILES string of the molecule is C=CCCCCC[C@H](N)C(=O)N1C[C@H](Oc2cc(CC(=O)OC)nc3cc(OC)ccc23)C[C@H]1C(=O)N[C@@H](CCC)CC(=O)OC. The van der Waals surface area contributed by atoms with E-state index in [1.807, 2.05) is 19.1 Å². The lowest BCUT2D eigenvalue weighted by molar-refractivity contribution is -0.143. The molecule has 252 valence electrons. The molecule has 1 fully saturated rings. The molecule has 2 heterocycles. The summed E-state index contributed by atoms with van der Waals surface area (Å²) in [5.74, 6) is -0.557. The van der Waals surface area contributed by atoms with E-state index in [1.165, 1.54) is 19.1 Å². The highest BCUT2D eigenvalue weighted by Gasteiger charge is 2.42. The summed E-state index contributed by atoms with van der Waals surface area (Å²) >= 11 is 0.